The summed E-state index contributed by atoms with van der Waals surface area (Å²) in [5.41, 5.74) is -0.536. The molecule has 0 aliphatic carbocycles. The van der Waals surface area contributed by atoms with Gasteiger partial charge in [-0.05, 0) is 54.4 Å². The van der Waals surface area contributed by atoms with E-state index < -0.39 is 11.7 Å². The SMILES string of the molecule is CC(C)NC(=O)C(C)OC(=O)C1CCN(C(=O)OC(C)(C)C)CC1. The van der Waals surface area contributed by atoms with Crippen molar-refractivity contribution in [2.75, 3.05) is 13.1 Å². The van der Waals surface area contributed by atoms with Crippen LogP contribution in [-0.4, -0.2) is 53.7 Å². The van der Waals surface area contributed by atoms with E-state index in [-0.39, 0.29) is 29.9 Å². The normalized spacial score (nSPS) is 17.4. The minimum Gasteiger partial charge on any atom is -0.452 e. The highest BCUT2D eigenvalue weighted by Crippen LogP contribution is 2.21. The molecule has 0 bridgehead atoms. The zero-order chi connectivity index (χ0) is 18.5. The Hall–Kier alpha value is -1.79. The lowest BCUT2D eigenvalue weighted by Gasteiger charge is -2.32. The standard InChI is InChI=1S/C17H30N2O5/c1-11(2)18-14(20)12(3)23-15(21)13-7-9-19(10-8-13)16(22)24-17(4,5)6/h11-13H,7-10H2,1-6H3,(H,18,20). The molecule has 0 radical (unpaired) electrons. The van der Waals surface area contributed by atoms with Crippen LogP contribution < -0.4 is 5.32 Å². The zero-order valence-corrected chi connectivity index (χ0v) is 15.5. The van der Waals surface area contributed by atoms with Crippen LogP contribution in [0.3, 0.4) is 0 Å². The van der Waals surface area contributed by atoms with Crippen LogP contribution in [0.1, 0.15) is 54.4 Å². The molecule has 24 heavy (non-hydrogen) atoms. The highest BCUT2D eigenvalue weighted by molar-refractivity contribution is 5.84. The van der Waals surface area contributed by atoms with E-state index in [9.17, 15) is 14.4 Å². The maximum Gasteiger partial charge on any atom is 0.410 e. The van der Waals surface area contributed by atoms with Crippen molar-refractivity contribution in [2.24, 2.45) is 5.92 Å². The number of nitrogens with zero attached hydrogens (tertiary/aromatic N) is 1. The van der Waals surface area contributed by atoms with Gasteiger partial charge in [-0.2, -0.15) is 0 Å². The molecular weight excluding hydrogens is 312 g/mol. The molecule has 0 aromatic heterocycles. The molecule has 1 heterocycles. The monoisotopic (exact) mass is 342 g/mol. The lowest BCUT2D eigenvalue weighted by Crippen LogP contribution is -2.44. The Bertz CT molecular complexity index is 462. The van der Waals surface area contributed by atoms with Crippen molar-refractivity contribution in [3.05, 3.63) is 0 Å². The van der Waals surface area contributed by atoms with Crippen molar-refractivity contribution in [1.29, 1.82) is 0 Å². The maximum atomic E-state index is 12.2. The van der Waals surface area contributed by atoms with E-state index in [1.54, 1.807) is 11.8 Å². The van der Waals surface area contributed by atoms with Crippen LogP contribution in [0.2, 0.25) is 0 Å². The summed E-state index contributed by atoms with van der Waals surface area (Å²) >= 11 is 0. The average molecular weight is 342 g/mol. The highest BCUT2D eigenvalue weighted by Gasteiger charge is 2.32. The fraction of sp³-hybridized carbons (Fsp3) is 0.824. The topological polar surface area (TPSA) is 84.9 Å². The second-order valence-corrected chi connectivity index (χ2v) is 7.48. The number of hydrogen-bond donors (Lipinski definition) is 1. The molecule has 1 unspecified atom stereocenters. The smallest absolute Gasteiger partial charge is 0.410 e. The summed E-state index contributed by atoms with van der Waals surface area (Å²) in [6, 6.07) is -0.00396. The van der Waals surface area contributed by atoms with Crippen LogP contribution in [0.25, 0.3) is 0 Å². The van der Waals surface area contributed by atoms with Gasteiger partial charge in [-0.3, -0.25) is 9.59 Å². The van der Waals surface area contributed by atoms with Gasteiger partial charge in [0.2, 0.25) is 0 Å². The Kier molecular flexibility index (Phi) is 7.05. The number of likely N-dealkylation sites (tertiary alicyclic amines) is 1. The molecule has 138 valence electrons. The molecule has 0 spiro atoms. The minimum absolute atomic E-state index is 0.00396. The van der Waals surface area contributed by atoms with E-state index in [1.807, 2.05) is 34.6 Å². The van der Waals surface area contributed by atoms with Crippen molar-refractivity contribution in [3.8, 4) is 0 Å². The number of carbonyl (C=O) groups excluding carboxylic acids is 3. The van der Waals surface area contributed by atoms with Gasteiger partial charge < -0.3 is 19.7 Å². The van der Waals surface area contributed by atoms with Gasteiger partial charge in [-0.15, -0.1) is 0 Å². The summed E-state index contributed by atoms with van der Waals surface area (Å²) in [6.45, 7) is 11.6. The Balaban J connectivity index is 2.43. The first-order valence-corrected chi connectivity index (χ1v) is 8.48. The van der Waals surface area contributed by atoms with Crippen LogP contribution in [-0.2, 0) is 19.1 Å². The number of amides is 2. The van der Waals surface area contributed by atoms with Gasteiger partial charge >= 0.3 is 12.1 Å². The summed E-state index contributed by atoms with van der Waals surface area (Å²) in [5.74, 6) is -0.979. The van der Waals surface area contributed by atoms with Crippen molar-refractivity contribution >= 4 is 18.0 Å². The second-order valence-electron chi connectivity index (χ2n) is 7.48. The highest BCUT2D eigenvalue weighted by atomic mass is 16.6. The molecule has 0 saturated carbocycles. The van der Waals surface area contributed by atoms with Gasteiger partial charge in [0.25, 0.3) is 5.91 Å². The Morgan fingerprint density at radius 2 is 1.62 bits per heavy atom. The van der Waals surface area contributed by atoms with Crippen LogP contribution in [0.5, 0.6) is 0 Å². The van der Waals surface area contributed by atoms with E-state index in [4.69, 9.17) is 9.47 Å². The number of carbonyl (C=O) groups is 3. The molecule has 1 fully saturated rings. The van der Waals surface area contributed by atoms with Crippen LogP contribution in [0.4, 0.5) is 4.79 Å². The molecule has 7 nitrogen and oxygen atoms in total. The van der Waals surface area contributed by atoms with Crippen molar-refractivity contribution < 1.29 is 23.9 Å². The number of nitrogens with one attached hydrogen (secondary N) is 1. The minimum atomic E-state index is -0.816. The number of esters is 1. The largest absolute Gasteiger partial charge is 0.452 e. The predicted octanol–water partition coefficient (Wildman–Crippen LogP) is 2.09. The van der Waals surface area contributed by atoms with Gasteiger partial charge in [0.1, 0.15) is 5.60 Å². The third kappa shape index (κ3) is 6.76. The van der Waals surface area contributed by atoms with Crippen LogP contribution >= 0.6 is 0 Å². The fourth-order valence-electron chi connectivity index (χ4n) is 2.35. The molecule has 1 aliphatic rings. The second kappa shape index (κ2) is 8.35. The van der Waals surface area contributed by atoms with E-state index in [0.717, 1.165) is 0 Å². The summed E-state index contributed by atoms with van der Waals surface area (Å²) in [7, 11) is 0. The van der Waals surface area contributed by atoms with Gasteiger partial charge in [-0.25, -0.2) is 4.79 Å². The Labute approximate surface area is 144 Å². The summed E-state index contributed by atoms with van der Waals surface area (Å²) < 4.78 is 10.6. The quantitative estimate of drug-likeness (QED) is 0.791. The molecule has 2 amide bonds. The zero-order valence-electron chi connectivity index (χ0n) is 15.5. The summed E-state index contributed by atoms with van der Waals surface area (Å²) in [6.07, 6.45) is -0.157. The molecule has 1 rings (SSSR count). The Morgan fingerprint density at radius 3 is 2.08 bits per heavy atom. The number of piperidine rings is 1. The van der Waals surface area contributed by atoms with Crippen LogP contribution in [0, 0.1) is 5.92 Å². The predicted molar refractivity (Wildman–Crippen MR) is 89.4 cm³/mol. The Morgan fingerprint density at radius 1 is 1.08 bits per heavy atom. The van der Waals surface area contributed by atoms with Crippen molar-refractivity contribution in [1.82, 2.24) is 10.2 Å². The molecule has 1 saturated heterocycles. The van der Waals surface area contributed by atoms with E-state index in [1.165, 1.54) is 0 Å². The first-order chi connectivity index (χ1) is 11.0. The lowest BCUT2D eigenvalue weighted by atomic mass is 9.97. The third-order valence-corrected chi connectivity index (χ3v) is 3.57. The summed E-state index contributed by atoms with van der Waals surface area (Å²) in [5, 5.41) is 2.71. The fourth-order valence-corrected chi connectivity index (χ4v) is 2.35. The molecule has 1 N–H and O–H groups in total. The first-order valence-electron chi connectivity index (χ1n) is 8.48. The van der Waals surface area contributed by atoms with Gasteiger partial charge in [0.15, 0.2) is 6.10 Å². The van der Waals surface area contributed by atoms with Crippen molar-refractivity contribution in [2.45, 2.75) is 72.1 Å². The lowest BCUT2D eigenvalue weighted by molar-refractivity contribution is -0.160. The molecule has 1 atom stereocenters. The van der Waals surface area contributed by atoms with E-state index in [2.05, 4.69) is 5.32 Å². The number of hydrogen-bond acceptors (Lipinski definition) is 5. The van der Waals surface area contributed by atoms with Gasteiger partial charge in [-0.1, -0.05) is 0 Å². The molecule has 0 aromatic rings. The first kappa shape index (κ1) is 20.3. The third-order valence-electron chi connectivity index (χ3n) is 3.57. The maximum absolute atomic E-state index is 12.2. The average Bonchev–Trinajstić information content (AvgIpc) is 2.44. The summed E-state index contributed by atoms with van der Waals surface area (Å²) in [4.78, 5) is 37.6. The van der Waals surface area contributed by atoms with Crippen molar-refractivity contribution in [3.63, 3.8) is 0 Å². The van der Waals surface area contributed by atoms with E-state index >= 15 is 0 Å². The van der Waals surface area contributed by atoms with E-state index in [0.29, 0.717) is 25.9 Å². The number of ether oxygens (including phenoxy) is 2. The molecule has 7 heteroatoms. The number of rotatable bonds is 4. The molecule has 1 aliphatic heterocycles. The van der Waals surface area contributed by atoms with Gasteiger partial charge in [0, 0.05) is 19.1 Å². The van der Waals surface area contributed by atoms with Crippen LogP contribution in [0.15, 0.2) is 0 Å². The van der Waals surface area contributed by atoms with Gasteiger partial charge in [0.05, 0.1) is 5.92 Å². The molecular formula is C17H30N2O5. The molecule has 0 aromatic carbocycles.